The zero-order valence-electron chi connectivity index (χ0n) is 11.3. The molecule has 0 heterocycles. The van der Waals surface area contributed by atoms with Gasteiger partial charge in [-0.3, -0.25) is 0 Å². The number of fused-ring (bicyclic) bond motifs is 1. The van der Waals surface area contributed by atoms with E-state index in [4.69, 9.17) is 5.11 Å². The zero-order valence-corrected chi connectivity index (χ0v) is 11.3. The Hall–Kier alpha value is -1.09. The average molecular weight is 250 g/mol. The lowest BCUT2D eigenvalue weighted by molar-refractivity contribution is -0.132. The molecule has 1 saturated carbocycles. The summed E-state index contributed by atoms with van der Waals surface area (Å²) in [6, 6.07) is 0. The fraction of sp³-hybridized carbons (Fsp3) is 0.667. The molecule has 2 aliphatic rings. The molecular weight excluding hydrogens is 228 g/mol. The van der Waals surface area contributed by atoms with Gasteiger partial charge in [-0.05, 0) is 44.9 Å². The van der Waals surface area contributed by atoms with Gasteiger partial charge in [-0.2, -0.15) is 0 Å². The molecule has 3 nitrogen and oxygen atoms in total. The van der Waals surface area contributed by atoms with Crippen LogP contribution in [0.5, 0.6) is 0 Å². The van der Waals surface area contributed by atoms with E-state index in [-0.39, 0.29) is 17.9 Å². The summed E-state index contributed by atoms with van der Waals surface area (Å²) in [6.07, 6.45) is 4.42. The number of allylic oxidation sites excluding steroid dienone is 1. The zero-order chi connectivity index (χ0) is 13.4. The molecule has 0 bridgehead atoms. The minimum Gasteiger partial charge on any atom is -0.478 e. The monoisotopic (exact) mass is 250 g/mol. The highest BCUT2D eigenvalue weighted by molar-refractivity contribution is 5.85. The molecular formula is C15H22O3. The maximum atomic E-state index is 10.9. The lowest BCUT2D eigenvalue weighted by Gasteiger charge is -2.35. The van der Waals surface area contributed by atoms with E-state index in [2.05, 4.69) is 13.8 Å². The summed E-state index contributed by atoms with van der Waals surface area (Å²) in [5.74, 6) is 0.102. The summed E-state index contributed by atoms with van der Waals surface area (Å²) < 4.78 is 0. The third kappa shape index (κ3) is 2.24. The third-order valence-electron chi connectivity index (χ3n) is 4.52. The molecule has 2 aliphatic carbocycles. The predicted octanol–water partition coefficient (Wildman–Crippen LogP) is 2.76. The van der Waals surface area contributed by atoms with Crippen LogP contribution in [0.1, 0.15) is 40.0 Å². The van der Waals surface area contributed by atoms with Crippen molar-refractivity contribution in [1.29, 1.82) is 0 Å². The molecule has 0 saturated heterocycles. The van der Waals surface area contributed by atoms with Crippen LogP contribution in [0.15, 0.2) is 22.8 Å². The van der Waals surface area contributed by atoms with Gasteiger partial charge in [-0.1, -0.05) is 24.1 Å². The van der Waals surface area contributed by atoms with Gasteiger partial charge in [0.1, 0.15) is 0 Å². The highest BCUT2D eigenvalue weighted by Gasteiger charge is 2.41. The summed E-state index contributed by atoms with van der Waals surface area (Å²) in [7, 11) is 0. The predicted molar refractivity (Wildman–Crippen MR) is 70.1 cm³/mol. The van der Waals surface area contributed by atoms with Gasteiger partial charge in [0, 0.05) is 11.5 Å². The molecule has 4 unspecified atom stereocenters. The van der Waals surface area contributed by atoms with Crippen LogP contribution in [0.3, 0.4) is 0 Å². The van der Waals surface area contributed by atoms with Crippen LogP contribution in [0, 0.1) is 17.8 Å². The lowest BCUT2D eigenvalue weighted by atomic mass is 9.70. The van der Waals surface area contributed by atoms with Crippen LogP contribution in [-0.4, -0.2) is 22.3 Å². The topological polar surface area (TPSA) is 57.5 Å². The molecule has 0 aromatic heterocycles. The second-order valence-electron chi connectivity index (χ2n) is 5.85. The molecule has 4 atom stereocenters. The van der Waals surface area contributed by atoms with E-state index < -0.39 is 5.97 Å². The van der Waals surface area contributed by atoms with Crippen molar-refractivity contribution in [2.24, 2.45) is 17.8 Å². The van der Waals surface area contributed by atoms with Crippen LogP contribution in [-0.2, 0) is 4.79 Å². The summed E-state index contributed by atoms with van der Waals surface area (Å²) >= 11 is 0. The Bertz CT molecular complexity index is 419. The van der Waals surface area contributed by atoms with Crippen molar-refractivity contribution < 1.29 is 15.0 Å². The number of aliphatic hydroxyl groups is 1. The first-order valence-electron chi connectivity index (χ1n) is 6.71. The quantitative estimate of drug-likeness (QED) is 0.585. The highest BCUT2D eigenvalue weighted by Crippen LogP contribution is 2.48. The molecule has 0 aliphatic heterocycles. The molecule has 0 aromatic rings. The first-order chi connectivity index (χ1) is 8.41. The van der Waals surface area contributed by atoms with E-state index in [1.54, 1.807) is 6.92 Å². The average Bonchev–Trinajstić information content (AvgIpc) is 2.59. The van der Waals surface area contributed by atoms with E-state index in [9.17, 15) is 9.90 Å². The first-order valence-corrected chi connectivity index (χ1v) is 6.71. The van der Waals surface area contributed by atoms with Crippen molar-refractivity contribution in [3.05, 3.63) is 22.8 Å². The molecule has 2 N–H and O–H groups in total. The van der Waals surface area contributed by atoms with E-state index in [0.29, 0.717) is 11.5 Å². The normalized spacial score (nSPS) is 36.8. The molecule has 0 amide bonds. The summed E-state index contributed by atoms with van der Waals surface area (Å²) in [5.41, 5.74) is 2.98. The summed E-state index contributed by atoms with van der Waals surface area (Å²) in [6.45, 7) is 5.92. The second kappa shape index (κ2) is 4.88. The Morgan fingerprint density at radius 1 is 1.39 bits per heavy atom. The maximum Gasteiger partial charge on any atom is 0.330 e. The van der Waals surface area contributed by atoms with Gasteiger partial charge in [0.25, 0.3) is 0 Å². The van der Waals surface area contributed by atoms with E-state index in [0.717, 1.165) is 19.3 Å². The van der Waals surface area contributed by atoms with Gasteiger partial charge in [-0.15, -0.1) is 0 Å². The Balaban J connectivity index is 2.31. The lowest BCUT2D eigenvalue weighted by Crippen LogP contribution is -2.30. The van der Waals surface area contributed by atoms with Gasteiger partial charge in [0.05, 0.1) is 6.10 Å². The van der Waals surface area contributed by atoms with Gasteiger partial charge < -0.3 is 10.2 Å². The molecule has 2 rings (SSSR count). The van der Waals surface area contributed by atoms with Crippen LogP contribution in [0.4, 0.5) is 0 Å². The van der Waals surface area contributed by atoms with Crippen LogP contribution < -0.4 is 0 Å². The standard InChI is InChI=1S/C15H22O3/c1-8-4-5-11(6-10(3)15(17)18)13-9(2)7-12(16)14(8)13/h6,8,11-12,14,16H,4-5,7H2,1-3H3,(H,17,18)/b10-6+. The van der Waals surface area contributed by atoms with Crippen LogP contribution >= 0.6 is 0 Å². The van der Waals surface area contributed by atoms with Crippen molar-refractivity contribution in [3.63, 3.8) is 0 Å². The SMILES string of the molecule is CC1=C2C(/C=C(\C)C(=O)O)CCC(C)C2C(O)C1. The van der Waals surface area contributed by atoms with E-state index in [1.807, 2.05) is 6.08 Å². The number of aliphatic carboxylic acids is 1. The van der Waals surface area contributed by atoms with Gasteiger partial charge in [0.2, 0.25) is 0 Å². The summed E-state index contributed by atoms with van der Waals surface area (Å²) in [4.78, 5) is 10.9. The van der Waals surface area contributed by atoms with Crippen LogP contribution in [0.2, 0.25) is 0 Å². The minimum absolute atomic E-state index is 0.208. The van der Waals surface area contributed by atoms with E-state index in [1.165, 1.54) is 11.1 Å². The minimum atomic E-state index is -0.845. The number of rotatable bonds is 2. The van der Waals surface area contributed by atoms with Crippen molar-refractivity contribution in [2.75, 3.05) is 0 Å². The first kappa shape index (κ1) is 13.3. The largest absolute Gasteiger partial charge is 0.478 e. The van der Waals surface area contributed by atoms with Crippen molar-refractivity contribution >= 4 is 5.97 Å². The van der Waals surface area contributed by atoms with Gasteiger partial charge in [-0.25, -0.2) is 4.79 Å². The Labute approximate surface area is 108 Å². The van der Waals surface area contributed by atoms with Crippen molar-refractivity contribution in [1.82, 2.24) is 0 Å². The molecule has 3 heteroatoms. The number of carboxylic acids is 1. The molecule has 1 fully saturated rings. The summed E-state index contributed by atoms with van der Waals surface area (Å²) in [5, 5.41) is 19.1. The Morgan fingerprint density at radius 3 is 2.67 bits per heavy atom. The molecule has 0 spiro atoms. The number of carboxylic acid groups (broad SMARTS) is 1. The molecule has 0 radical (unpaired) electrons. The smallest absolute Gasteiger partial charge is 0.330 e. The fourth-order valence-electron chi connectivity index (χ4n) is 3.62. The number of hydrogen-bond donors (Lipinski definition) is 2. The molecule has 100 valence electrons. The Kier molecular flexibility index (Phi) is 3.62. The Morgan fingerprint density at radius 2 is 2.06 bits per heavy atom. The van der Waals surface area contributed by atoms with Gasteiger partial charge in [0.15, 0.2) is 0 Å². The highest BCUT2D eigenvalue weighted by atomic mass is 16.4. The number of aliphatic hydroxyl groups excluding tert-OH is 1. The second-order valence-corrected chi connectivity index (χ2v) is 5.85. The molecule has 0 aromatic carbocycles. The molecule has 18 heavy (non-hydrogen) atoms. The van der Waals surface area contributed by atoms with Crippen molar-refractivity contribution in [3.8, 4) is 0 Å². The fourth-order valence-corrected chi connectivity index (χ4v) is 3.62. The third-order valence-corrected chi connectivity index (χ3v) is 4.52. The maximum absolute atomic E-state index is 10.9. The van der Waals surface area contributed by atoms with E-state index >= 15 is 0 Å². The number of carbonyl (C=O) groups is 1. The number of hydrogen-bond acceptors (Lipinski definition) is 2. The van der Waals surface area contributed by atoms with Crippen molar-refractivity contribution in [2.45, 2.75) is 46.1 Å². The van der Waals surface area contributed by atoms with Gasteiger partial charge >= 0.3 is 5.97 Å². The van der Waals surface area contributed by atoms with Crippen LogP contribution in [0.25, 0.3) is 0 Å².